The molecule has 16 heavy (non-hydrogen) atoms. The zero-order chi connectivity index (χ0) is 11.2. The Kier molecular flexibility index (Phi) is 4.23. The maximum absolute atomic E-state index is 5.64. The molecule has 1 aromatic rings. The lowest BCUT2D eigenvalue weighted by atomic mass is 10.0. The third kappa shape index (κ3) is 2.76. The van der Waals surface area contributed by atoms with Gasteiger partial charge in [-0.05, 0) is 19.0 Å². The molecule has 0 saturated heterocycles. The van der Waals surface area contributed by atoms with Crippen LogP contribution < -0.4 is 10.1 Å². The standard InChI is InChI=1S/C14H21NO/c1-2-3-6-10-15-13-9-11-16-14-8-5-4-7-12(13)14/h4-5,7-8,13,15H,2-3,6,9-11H2,1H3. The molecular formula is C14H21NO. The Morgan fingerprint density at radius 2 is 2.19 bits per heavy atom. The molecule has 1 heterocycles. The van der Waals surface area contributed by atoms with Gasteiger partial charge in [-0.1, -0.05) is 38.0 Å². The maximum Gasteiger partial charge on any atom is 0.124 e. The summed E-state index contributed by atoms with van der Waals surface area (Å²) in [6.45, 7) is 4.19. The smallest absolute Gasteiger partial charge is 0.124 e. The van der Waals surface area contributed by atoms with Crippen LogP contribution in [0.1, 0.15) is 44.2 Å². The minimum atomic E-state index is 0.488. The van der Waals surface area contributed by atoms with Crippen LogP contribution in [-0.4, -0.2) is 13.2 Å². The summed E-state index contributed by atoms with van der Waals surface area (Å²) in [6.07, 6.45) is 4.96. The van der Waals surface area contributed by atoms with Gasteiger partial charge in [-0.3, -0.25) is 0 Å². The molecule has 0 radical (unpaired) electrons. The van der Waals surface area contributed by atoms with Crippen LogP contribution in [0.2, 0.25) is 0 Å². The summed E-state index contributed by atoms with van der Waals surface area (Å²) in [5, 5.41) is 3.63. The molecule has 2 nitrogen and oxygen atoms in total. The first-order valence-electron chi connectivity index (χ1n) is 6.37. The van der Waals surface area contributed by atoms with Gasteiger partial charge in [0.2, 0.25) is 0 Å². The Labute approximate surface area is 98.0 Å². The summed E-state index contributed by atoms with van der Waals surface area (Å²) in [6, 6.07) is 8.86. The number of unbranched alkanes of at least 4 members (excludes halogenated alkanes) is 2. The first-order valence-corrected chi connectivity index (χ1v) is 6.37. The largest absolute Gasteiger partial charge is 0.493 e. The van der Waals surface area contributed by atoms with Gasteiger partial charge in [0.05, 0.1) is 6.61 Å². The van der Waals surface area contributed by atoms with Crippen LogP contribution in [0.5, 0.6) is 5.75 Å². The van der Waals surface area contributed by atoms with Crippen molar-refractivity contribution in [2.45, 2.75) is 38.6 Å². The van der Waals surface area contributed by atoms with Crippen molar-refractivity contribution in [3.8, 4) is 5.75 Å². The first kappa shape index (κ1) is 11.5. The van der Waals surface area contributed by atoms with Crippen LogP contribution in [0.3, 0.4) is 0 Å². The summed E-state index contributed by atoms with van der Waals surface area (Å²) in [7, 11) is 0. The fourth-order valence-electron chi connectivity index (χ4n) is 2.21. The predicted molar refractivity (Wildman–Crippen MR) is 66.8 cm³/mol. The minimum absolute atomic E-state index is 0.488. The number of hydrogen-bond donors (Lipinski definition) is 1. The normalized spacial score (nSPS) is 18.9. The molecule has 2 rings (SSSR count). The molecular weight excluding hydrogens is 198 g/mol. The zero-order valence-electron chi connectivity index (χ0n) is 10.0. The Morgan fingerprint density at radius 3 is 3.06 bits per heavy atom. The highest BCUT2D eigenvalue weighted by Gasteiger charge is 2.19. The van der Waals surface area contributed by atoms with Crippen molar-refractivity contribution in [3.05, 3.63) is 29.8 Å². The molecule has 1 unspecified atom stereocenters. The molecule has 1 aliphatic heterocycles. The molecule has 0 aromatic heterocycles. The van der Waals surface area contributed by atoms with Crippen LogP contribution in [0, 0.1) is 0 Å². The summed E-state index contributed by atoms with van der Waals surface area (Å²) in [5.41, 5.74) is 1.32. The second kappa shape index (κ2) is 5.90. The zero-order valence-corrected chi connectivity index (χ0v) is 10.0. The summed E-state index contributed by atoms with van der Waals surface area (Å²) < 4.78 is 5.64. The molecule has 0 fully saturated rings. The van der Waals surface area contributed by atoms with E-state index in [1.807, 2.05) is 6.07 Å². The second-order valence-corrected chi connectivity index (χ2v) is 4.39. The van der Waals surface area contributed by atoms with Gasteiger partial charge in [0.1, 0.15) is 5.75 Å². The molecule has 2 heteroatoms. The van der Waals surface area contributed by atoms with Gasteiger partial charge in [0, 0.05) is 18.0 Å². The van der Waals surface area contributed by atoms with Crippen LogP contribution in [-0.2, 0) is 0 Å². The van der Waals surface area contributed by atoms with E-state index < -0.39 is 0 Å². The van der Waals surface area contributed by atoms with Crippen LogP contribution in [0.25, 0.3) is 0 Å². The van der Waals surface area contributed by atoms with Crippen molar-refractivity contribution in [2.75, 3.05) is 13.2 Å². The molecule has 0 spiro atoms. The van der Waals surface area contributed by atoms with Crippen molar-refractivity contribution < 1.29 is 4.74 Å². The number of hydrogen-bond acceptors (Lipinski definition) is 2. The average molecular weight is 219 g/mol. The van der Waals surface area contributed by atoms with E-state index in [-0.39, 0.29) is 0 Å². The summed E-state index contributed by atoms with van der Waals surface area (Å²) in [5.74, 6) is 1.06. The van der Waals surface area contributed by atoms with Gasteiger partial charge >= 0.3 is 0 Å². The SMILES string of the molecule is CCCCCNC1CCOc2ccccc21. The van der Waals surface area contributed by atoms with E-state index in [0.717, 1.165) is 25.3 Å². The molecule has 1 aliphatic rings. The highest BCUT2D eigenvalue weighted by molar-refractivity contribution is 5.37. The van der Waals surface area contributed by atoms with Gasteiger partial charge in [-0.25, -0.2) is 0 Å². The van der Waals surface area contributed by atoms with Crippen LogP contribution in [0.15, 0.2) is 24.3 Å². The molecule has 1 aromatic carbocycles. The summed E-state index contributed by atoms with van der Waals surface area (Å²) in [4.78, 5) is 0. The molecule has 1 atom stereocenters. The Hall–Kier alpha value is -1.02. The van der Waals surface area contributed by atoms with E-state index in [4.69, 9.17) is 4.74 Å². The van der Waals surface area contributed by atoms with Crippen LogP contribution in [0.4, 0.5) is 0 Å². The monoisotopic (exact) mass is 219 g/mol. The van der Waals surface area contributed by atoms with Gasteiger partial charge in [0.15, 0.2) is 0 Å². The average Bonchev–Trinajstić information content (AvgIpc) is 2.35. The first-order chi connectivity index (χ1) is 7.92. The Morgan fingerprint density at radius 1 is 1.31 bits per heavy atom. The van der Waals surface area contributed by atoms with E-state index in [0.29, 0.717) is 6.04 Å². The van der Waals surface area contributed by atoms with Gasteiger partial charge in [-0.2, -0.15) is 0 Å². The highest BCUT2D eigenvalue weighted by Crippen LogP contribution is 2.31. The molecule has 0 bridgehead atoms. The van der Waals surface area contributed by atoms with E-state index >= 15 is 0 Å². The van der Waals surface area contributed by atoms with Crippen molar-refractivity contribution in [1.29, 1.82) is 0 Å². The van der Waals surface area contributed by atoms with Crippen molar-refractivity contribution in [1.82, 2.24) is 5.32 Å². The van der Waals surface area contributed by atoms with Gasteiger partial charge in [-0.15, -0.1) is 0 Å². The quantitative estimate of drug-likeness (QED) is 0.767. The fraction of sp³-hybridized carbons (Fsp3) is 0.571. The van der Waals surface area contributed by atoms with Crippen molar-refractivity contribution in [3.63, 3.8) is 0 Å². The van der Waals surface area contributed by atoms with Gasteiger partial charge in [0.25, 0.3) is 0 Å². The molecule has 1 N–H and O–H groups in total. The number of benzene rings is 1. The van der Waals surface area contributed by atoms with E-state index in [9.17, 15) is 0 Å². The van der Waals surface area contributed by atoms with Gasteiger partial charge < -0.3 is 10.1 Å². The Balaban J connectivity index is 1.91. The third-order valence-corrected chi connectivity index (χ3v) is 3.13. The van der Waals surface area contributed by atoms with E-state index in [1.165, 1.54) is 24.8 Å². The predicted octanol–water partition coefficient (Wildman–Crippen LogP) is 3.29. The second-order valence-electron chi connectivity index (χ2n) is 4.39. The molecule has 0 aliphatic carbocycles. The molecule has 88 valence electrons. The maximum atomic E-state index is 5.64. The Bertz CT molecular complexity index is 324. The van der Waals surface area contributed by atoms with E-state index in [1.54, 1.807) is 0 Å². The van der Waals surface area contributed by atoms with Crippen molar-refractivity contribution in [2.24, 2.45) is 0 Å². The lowest BCUT2D eigenvalue weighted by molar-refractivity contribution is 0.252. The topological polar surface area (TPSA) is 21.3 Å². The number of para-hydroxylation sites is 1. The van der Waals surface area contributed by atoms with Crippen molar-refractivity contribution >= 4 is 0 Å². The number of nitrogens with one attached hydrogen (secondary N) is 1. The molecule has 0 saturated carbocycles. The number of ether oxygens (including phenoxy) is 1. The summed E-state index contributed by atoms with van der Waals surface area (Å²) >= 11 is 0. The fourth-order valence-corrected chi connectivity index (χ4v) is 2.21. The van der Waals surface area contributed by atoms with E-state index in [2.05, 4.69) is 30.4 Å². The lowest BCUT2D eigenvalue weighted by Crippen LogP contribution is -2.27. The lowest BCUT2D eigenvalue weighted by Gasteiger charge is -2.26. The highest BCUT2D eigenvalue weighted by atomic mass is 16.5. The molecule has 0 amide bonds. The third-order valence-electron chi connectivity index (χ3n) is 3.13. The van der Waals surface area contributed by atoms with Crippen LogP contribution >= 0.6 is 0 Å². The number of rotatable bonds is 5. The minimum Gasteiger partial charge on any atom is -0.493 e. The number of fused-ring (bicyclic) bond motifs is 1.